The third-order valence-electron chi connectivity index (χ3n) is 7.44. The molecule has 4 rings (SSSR count). The van der Waals surface area contributed by atoms with E-state index in [9.17, 15) is 15.1 Å². The van der Waals surface area contributed by atoms with Gasteiger partial charge in [0, 0.05) is 53.8 Å². The quantitative estimate of drug-likeness (QED) is 0.0434. The number of azide groups is 1. The van der Waals surface area contributed by atoms with Crippen LogP contribution in [0.5, 0.6) is 17.2 Å². The molecule has 3 aromatic carbocycles. The molecule has 0 radical (unpaired) electrons. The van der Waals surface area contributed by atoms with E-state index < -0.39 is 29.1 Å². The van der Waals surface area contributed by atoms with Crippen molar-refractivity contribution in [1.82, 2.24) is 10.9 Å². The molecule has 1 amide bonds. The molecule has 2 atom stereocenters. The third kappa shape index (κ3) is 9.63. The fraction of sp³-hybridized carbons (Fsp3) is 0.400. The molecular weight excluding hydrogens is 632 g/mol. The van der Waals surface area contributed by atoms with E-state index in [1.165, 1.54) is 0 Å². The van der Waals surface area contributed by atoms with Crippen molar-refractivity contribution in [2.75, 3.05) is 27.4 Å². The second kappa shape index (κ2) is 16.7. The number of amides is 1. The van der Waals surface area contributed by atoms with Gasteiger partial charge in [0.1, 0.15) is 22.8 Å². The van der Waals surface area contributed by atoms with Crippen molar-refractivity contribution in [1.29, 1.82) is 0 Å². The van der Waals surface area contributed by atoms with Crippen LogP contribution in [0.4, 0.5) is 5.69 Å². The Bertz CT molecular complexity index is 1660. The number of hydrazine groups is 1. The van der Waals surface area contributed by atoms with Gasteiger partial charge in [0.2, 0.25) is 5.90 Å². The fourth-order valence-corrected chi connectivity index (χ4v) is 5.18. The second-order valence-electron chi connectivity index (χ2n) is 12.2. The maximum atomic E-state index is 14.4. The van der Waals surface area contributed by atoms with E-state index in [0.717, 1.165) is 5.56 Å². The minimum atomic E-state index is -1.72. The number of carbonyl (C=O) groups excluding carboxylic acids is 2. The summed E-state index contributed by atoms with van der Waals surface area (Å²) in [4.78, 5) is 35.3. The van der Waals surface area contributed by atoms with Crippen LogP contribution >= 0.6 is 0 Å². The van der Waals surface area contributed by atoms with Gasteiger partial charge in [-0.05, 0) is 74.7 Å². The van der Waals surface area contributed by atoms with Gasteiger partial charge in [0.05, 0.1) is 20.8 Å². The van der Waals surface area contributed by atoms with Gasteiger partial charge in [0.25, 0.3) is 5.91 Å². The maximum absolute atomic E-state index is 14.4. The molecule has 0 saturated carbocycles. The number of aliphatic hydroxyl groups is 1. The monoisotopic (exact) mass is 674 g/mol. The van der Waals surface area contributed by atoms with Crippen molar-refractivity contribution in [3.63, 3.8) is 0 Å². The molecule has 14 nitrogen and oxygen atoms in total. The van der Waals surface area contributed by atoms with Gasteiger partial charge in [-0.1, -0.05) is 29.4 Å². The van der Waals surface area contributed by atoms with Gasteiger partial charge >= 0.3 is 5.97 Å². The third-order valence-corrected chi connectivity index (χ3v) is 7.44. The summed E-state index contributed by atoms with van der Waals surface area (Å²) in [6.07, 6.45) is -0.900. The van der Waals surface area contributed by atoms with Crippen LogP contribution in [0.15, 0.2) is 76.8 Å². The van der Waals surface area contributed by atoms with Gasteiger partial charge < -0.3 is 28.8 Å². The van der Waals surface area contributed by atoms with E-state index in [2.05, 4.69) is 20.9 Å². The van der Waals surface area contributed by atoms with Crippen molar-refractivity contribution < 1.29 is 38.4 Å². The molecule has 0 bridgehead atoms. The lowest BCUT2D eigenvalue weighted by molar-refractivity contribution is -0.155. The lowest BCUT2D eigenvalue weighted by atomic mass is 9.83. The number of aliphatic hydroxyl groups excluding tert-OH is 1. The number of aliphatic imine (C=N–C) groups is 1. The number of carbonyl (C=O) groups is 2. The van der Waals surface area contributed by atoms with Crippen LogP contribution in [-0.4, -0.2) is 61.5 Å². The predicted molar refractivity (Wildman–Crippen MR) is 182 cm³/mol. The number of esters is 1. The van der Waals surface area contributed by atoms with E-state index in [1.807, 2.05) is 0 Å². The van der Waals surface area contributed by atoms with Crippen LogP contribution in [0.25, 0.3) is 10.4 Å². The number of methoxy groups -OCH3 is 2. The highest BCUT2D eigenvalue weighted by molar-refractivity contribution is 6.01. The Balaban J connectivity index is 1.74. The Hall–Kier alpha value is -5.30. The zero-order chi connectivity index (χ0) is 35.4. The molecule has 0 fully saturated rings. The molecule has 1 aliphatic heterocycles. The molecule has 1 heterocycles. The highest BCUT2D eigenvalue weighted by Crippen LogP contribution is 2.46. The Kier molecular flexibility index (Phi) is 12.4. The standard InChI is InChI=1S/C35H42N6O8/c1-34(2,3)49-30(43)15-16-35(33(44)40-37-22-23-19-26(45-4)21-27(20-23)46-5)31(28-9-6-7-10-29(28)39-41-36)48-32(38-35)24-11-13-25(14-12-24)47-18-8-17-42/h6-7,9-14,19-21,31,37,42H,8,15-18,22H2,1-5H3,(H,40,44)/t31-,35-/m0/s1. The summed E-state index contributed by atoms with van der Waals surface area (Å²) in [6, 6.07) is 19.0. The molecule has 49 heavy (non-hydrogen) atoms. The summed E-state index contributed by atoms with van der Waals surface area (Å²) >= 11 is 0. The molecule has 0 aliphatic carbocycles. The number of ether oxygens (including phenoxy) is 5. The molecule has 1 aliphatic rings. The molecule has 0 saturated heterocycles. The van der Waals surface area contributed by atoms with Crippen molar-refractivity contribution in [2.45, 2.75) is 63.8 Å². The molecule has 0 spiro atoms. The molecule has 0 aromatic heterocycles. The van der Waals surface area contributed by atoms with Crippen molar-refractivity contribution in [3.8, 4) is 17.2 Å². The zero-order valence-electron chi connectivity index (χ0n) is 28.3. The average Bonchev–Trinajstić information content (AvgIpc) is 3.48. The Morgan fingerprint density at radius 1 is 1.04 bits per heavy atom. The number of rotatable bonds is 16. The normalized spacial score (nSPS) is 16.9. The first kappa shape index (κ1) is 36.5. The lowest BCUT2D eigenvalue weighted by Crippen LogP contribution is -2.52. The predicted octanol–water partition coefficient (Wildman–Crippen LogP) is 5.61. The molecule has 260 valence electrons. The first-order valence-electron chi connectivity index (χ1n) is 15.7. The van der Waals surface area contributed by atoms with Gasteiger partial charge in [-0.2, -0.15) is 0 Å². The summed E-state index contributed by atoms with van der Waals surface area (Å²) in [7, 11) is 3.09. The van der Waals surface area contributed by atoms with Crippen LogP contribution < -0.4 is 25.1 Å². The second-order valence-corrected chi connectivity index (χ2v) is 12.2. The minimum Gasteiger partial charge on any atom is -0.497 e. The van der Waals surface area contributed by atoms with Crippen LogP contribution in [0.3, 0.4) is 0 Å². The summed E-state index contributed by atoms with van der Waals surface area (Å²) < 4.78 is 28.4. The first-order chi connectivity index (χ1) is 23.5. The number of hydrogen-bond donors (Lipinski definition) is 3. The van der Waals surface area contributed by atoms with Gasteiger partial charge in [0.15, 0.2) is 11.6 Å². The highest BCUT2D eigenvalue weighted by atomic mass is 16.6. The Morgan fingerprint density at radius 2 is 1.73 bits per heavy atom. The topological polar surface area (TPSA) is 186 Å². The minimum absolute atomic E-state index is 0.0114. The summed E-state index contributed by atoms with van der Waals surface area (Å²) in [5.41, 5.74) is 14.6. The molecule has 3 aromatic rings. The van der Waals surface area contributed by atoms with Gasteiger partial charge in [-0.3, -0.25) is 15.0 Å². The number of nitrogens with one attached hydrogen (secondary N) is 2. The Morgan fingerprint density at radius 3 is 2.37 bits per heavy atom. The van der Waals surface area contributed by atoms with Crippen LogP contribution in [0.2, 0.25) is 0 Å². The van der Waals surface area contributed by atoms with E-state index in [-0.39, 0.29) is 37.6 Å². The smallest absolute Gasteiger partial charge is 0.306 e. The highest BCUT2D eigenvalue weighted by Gasteiger charge is 2.54. The van der Waals surface area contributed by atoms with E-state index in [0.29, 0.717) is 41.4 Å². The number of hydrogen-bond acceptors (Lipinski definition) is 11. The maximum Gasteiger partial charge on any atom is 0.306 e. The fourth-order valence-electron chi connectivity index (χ4n) is 5.18. The van der Waals surface area contributed by atoms with E-state index in [1.54, 1.807) is 102 Å². The molecule has 14 heteroatoms. The summed E-state index contributed by atoms with van der Waals surface area (Å²) in [6.45, 7) is 5.82. The number of nitrogens with zero attached hydrogens (tertiary/aromatic N) is 4. The first-order valence-corrected chi connectivity index (χ1v) is 15.7. The zero-order valence-corrected chi connectivity index (χ0v) is 28.3. The Labute approximate surface area is 285 Å². The SMILES string of the molecule is COc1cc(CNNC(=O)[C@@]2(CCC(=O)OC(C)(C)C)N=C(c3ccc(OCCCO)cc3)O[C@H]2c2ccccc2N=[N+]=[N-])cc(OC)c1. The van der Waals surface area contributed by atoms with Crippen LogP contribution in [-0.2, 0) is 25.6 Å². The van der Waals surface area contributed by atoms with Crippen LogP contribution in [0, 0.1) is 0 Å². The van der Waals surface area contributed by atoms with Crippen LogP contribution in [0.1, 0.15) is 62.8 Å². The lowest BCUT2D eigenvalue weighted by Gasteiger charge is -2.31. The number of benzene rings is 3. The summed E-state index contributed by atoms with van der Waals surface area (Å²) in [5.74, 6) is 0.758. The summed E-state index contributed by atoms with van der Waals surface area (Å²) in [5, 5.41) is 12.9. The van der Waals surface area contributed by atoms with Crippen molar-refractivity contribution in [2.24, 2.45) is 10.1 Å². The van der Waals surface area contributed by atoms with E-state index >= 15 is 0 Å². The van der Waals surface area contributed by atoms with Gasteiger partial charge in [-0.15, -0.1) is 0 Å². The molecule has 0 unspecified atom stereocenters. The van der Waals surface area contributed by atoms with Gasteiger partial charge in [-0.25, -0.2) is 10.4 Å². The molecule has 3 N–H and O–H groups in total. The van der Waals surface area contributed by atoms with E-state index in [4.69, 9.17) is 33.8 Å². The van der Waals surface area contributed by atoms with Crippen molar-refractivity contribution in [3.05, 3.63) is 93.9 Å². The largest absolute Gasteiger partial charge is 0.497 e. The average molecular weight is 675 g/mol. The van der Waals surface area contributed by atoms with Crippen molar-refractivity contribution >= 4 is 23.5 Å². The molecular formula is C35H42N6O8.